The summed E-state index contributed by atoms with van der Waals surface area (Å²) >= 11 is 5.77. The monoisotopic (exact) mass is 244 g/mol. The van der Waals surface area contributed by atoms with Crippen molar-refractivity contribution in [1.82, 2.24) is 0 Å². The van der Waals surface area contributed by atoms with E-state index in [0.29, 0.717) is 11.6 Å². The first-order valence-electron chi connectivity index (χ1n) is 5.52. The second-order valence-corrected chi connectivity index (χ2v) is 5.01. The topological polar surface area (TPSA) is 9.23 Å². The van der Waals surface area contributed by atoms with Gasteiger partial charge in [-0.15, -0.1) is 0 Å². The Bertz CT molecular complexity index is 330. The number of benzene rings is 1. The van der Waals surface area contributed by atoms with Gasteiger partial charge in [0.15, 0.2) is 0 Å². The smallest absolute Gasteiger partial charge is 0.125 e. The number of halogens is 2. The molecule has 0 atom stereocenters. The molecular weight excluding hydrogens is 227 g/mol. The lowest BCUT2D eigenvalue weighted by atomic mass is 10.0. The molecule has 0 saturated carbocycles. The highest BCUT2D eigenvalue weighted by atomic mass is 35.5. The fraction of sp³-hybridized carbons (Fsp3) is 0.538. The van der Waals surface area contributed by atoms with Gasteiger partial charge in [-0.25, -0.2) is 4.39 Å². The van der Waals surface area contributed by atoms with E-state index < -0.39 is 0 Å². The summed E-state index contributed by atoms with van der Waals surface area (Å²) in [6.45, 7) is 6.59. The maximum absolute atomic E-state index is 13.1. The zero-order valence-electron chi connectivity index (χ0n) is 10.0. The summed E-state index contributed by atoms with van der Waals surface area (Å²) < 4.78 is 18.8. The largest absolute Gasteiger partial charge is 0.371 e. The van der Waals surface area contributed by atoms with E-state index in [1.807, 2.05) is 13.8 Å². The molecule has 0 aromatic heterocycles. The first-order chi connectivity index (χ1) is 7.43. The second kappa shape index (κ2) is 5.65. The average molecular weight is 245 g/mol. The van der Waals surface area contributed by atoms with Gasteiger partial charge in [0, 0.05) is 5.02 Å². The number of hydrogen-bond acceptors (Lipinski definition) is 1. The van der Waals surface area contributed by atoms with Gasteiger partial charge in [-0.1, -0.05) is 24.9 Å². The highest BCUT2D eigenvalue weighted by molar-refractivity contribution is 6.30. The van der Waals surface area contributed by atoms with Gasteiger partial charge < -0.3 is 4.74 Å². The fourth-order valence-electron chi connectivity index (χ4n) is 1.65. The van der Waals surface area contributed by atoms with E-state index in [2.05, 4.69) is 6.92 Å². The number of hydrogen-bond donors (Lipinski definition) is 0. The molecule has 0 aliphatic heterocycles. The molecule has 0 radical (unpaired) electrons. The summed E-state index contributed by atoms with van der Waals surface area (Å²) in [6.07, 6.45) is 2.05. The summed E-state index contributed by atoms with van der Waals surface area (Å²) in [5.41, 5.74) is 0.599. The van der Waals surface area contributed by atoms with E-state index in [0.717, 1.165) is 18.4 Å². The first-order valence-corrected chi connectivity index (χ1v) is 5.89. The Balaban J connectivity index is 2.60. The van der Waals surface area contributed by atoms with Crippen LogP contribution in [0.3, 0.4) is 0 Å². The minimum Gasteiger partial charge on any atom is -0.371 e. The highest BCUT2D eigenvalue weighted by Crippen LogP contribution is 2.20. The highest BCUT2D eigenvalue weighted by Gasteiger charge is 2.17. The lowest BCUT2D eigenvalue weighted by Crippen LogP contribution is -2.23. The Morgan fingerprint density at radius 1 is 1.31 bits per heavy atom. The molecule has 1 aromatic rings. The SMILES string of the molecule is CCCC(C)(C)OCc1cc(F)cc(Cl)c1. The van der Waals surface area contributed by atoms with Crippen LogP contribution in [0.15, 0.2) is 18.2 Å². The molecule has 16 heavy (non-hydrogen) atoms. The van der Waals surface area contributed by atoms with Crippen molar-refractivity contribution in [3.05, 3.63) is 34.6 Å². The summed E-state index contributed by atoms with van der Waals surface area (Å²) in [6, 6.07) is 4.48. The molecule has 1 aromatic carbocycles. The van der Waals surface area contributed by atoms with Gasteiger partial charge >= 0.3 is 0 Å². The van der Waals surface area contributed by atoms with Crippen LogP contribution in [0.4, 0.5) is 4.39 Å². The molecule has 0 amide bonds. The molecule has 3 heteroatoms. The molecule has 0 heterocycles. The molecule has 0 saturated heterocycles. The summed E-state index contributed by atoms with van der Waals surface area (Å²) in [7, 11) is 0. The van der Waals surface area contributed by atoms with Crippen molar-refractivity contribution >= 4 is 11.6 Å². The van der Waals surface area contributed by atoms with E-state index in [-0.39, 0.29) is 11.4 Å². The van der Waals surface area contributed by atoms with Crippen LogP contribution in [-0.4, -0.2) is 5.60 Å². The third kappa shape index (κ3) is 4.50. The standard InChI is InChI=1S/C13H18ClFO/c1-4-5-13(2,3)16-9-10-6-11(14)8-12(15)7-10/h6-8H,4-5,9H2,1-3H3. The van der Waals surface area contributed by atoms with Gasteiger partial charge in [-0.3, -0.25) is 0 Å². The van der Waals surface area contributed by atoms with Crippen LogP contribution in [0.2, 0.25) is 5.02 Å². The first kappa shape index (κ1) is 13.5. The van der Waals surface area contributed by atoms with E-state index in [9.17, 15) is 4.39 Å². The lowest BCUT2D eigenvalue weighted by Gasteiger charge is -2.24. The van der Waals surface area contributed by atoms with Crippen molar-refractivity contribution < 1.29 is 9.13 Å². The molecule has 1 rings (SSSR count). The third-order valence-electron chi connectivity index (χ3n) is 2.40. The number of rotatable bonds is 5. The van der Waals surface area contributed by atoms with Crippen LogP contribution in [0.1, 0.15) is 39.2 Å². The molecule has 0 bridgehead atoms. The van der Waals surface area contributed by atoms with Crippen LogP contribution in [-0.2, 0) is 11.3 Å². The minimum atomic E-state index is -0.320. The normalized spacial score (nSPS) is 11.8. The minimum absolute atomic E-state index is 0.173. The molecule has 90 valence electrons. The Labute approximate surface area is 102 Å². The molecule has 0 aliphatic rings. The van der Waals surface area contributed by atoms with E-state index in [1.165, 1.54) is 12.1 Å². The van der Waals surface area contributed by atoms with Gasteiger partial charge in [0.25, 0.3) is 0 Å². The predicted octanol–water partition coefficient (Wildman–Crippen LogP) is 4.57. The zero-order valence-corrected chi connectivity index (χ0v) is 10.8. The van der Waals surface area contributed by atoms with Crippen molar-refractivity contribution in [1.29, 1.82) is 0 Å². The molecular formula is C13H18ClFO. The van der Waals surface area contributed by atoms with Gasteiger partial charge in [0.1, 0.15) is 5.82 Å². The van der Waals surface area contributed by atoms with Gasteiger partial charge in [0.05, 0.1) is 12.2 Å². The van der Waals surface area contributed by atoms with Crippen LogP contribution in [0.5, 0.6) is 0 Å². The van der Waals surface area contributed by atoms with Crippen molar-refractivity contribution in [2.24, 2.45) is 0 Å². The van der Waals surface area contributed by atoms with Crippen molar-refractivity contribution in [3.8, 4) is 0 Å². The second-order valence-electron chi connectivity index (χ2n) is 4.58. The number of ether oxygens (including phenoxy) is 1. The van der Waals surface area contributed by atoms with Gasteiger partial charge in [0.2, 0.25) is 0 Å². The van der Waals surface area contributed by atoms with E-state index >= 15 is 0 Å². The Hall–Kier alpha value is -0.600. The van der Waals surface area contributed by atoms with Crippen molar-refractivity contribution in [2.75, 3.05) is 0 Å². The van der Waals surface area contributed by atoms with Crippen LogP contribution in [0, 0.1) is 5.82 Å². The van der Waals surface area contributed by atoms with Gasteiger partial charge in [-0.05, 0) is 44.0 Å². The van der Waals surface area contributed by atoms with E-state index in [1.54, 1.807) is 6.07 Å². The predicted molar refractivity (Wildman–Crippen MR) is 65.2 cm³/mol. The van der Waals surface area contributed by atoms with E-state index in [4.69, 9.17) is 16.3 Å². The molecule has 0 aliphatic carbocycles. The quantitative estimate of drug-likeness (QED) is 0.737. The molecule has 0 spiro atoms. The maximum Gasteiger partial charge on any atom is 0.125 e. The Kier molecular flexibility index (Phi) is 4.75. The van der Waals surface area contributed by atoms with Crippen LogP contribution < -0.4 is 0 Å². The molecule has 1 nitrogen and oxygen atoms in total. The molecule has 0 N–H and O–H groups in total. The Morgan fingerprint density at radius 3 is 2.56 bits per heavy atom. The molecule has 0 fully saturated rings. The van der Waals surface area contributed by atoms with Crippen molar-refractivity contribution in [2.45, 2.75) is 45.8 Å². The summed E-state index contributed by atoms with van der Waals surface area (Å²) in [4.78, 5) is 0. The van der Waals surface area contributed by atoms with Gasteiger partial charge in [-0.2, -0.15) is 0 Å². The van der Waals surface area contributed by atoms with Crippen molar-refractivity contribution in [3.63, 3.8) is 0 Å². The third-order valence-corrected chi connectivity index (χ3v) is 2.62. The molecule has 0 unspecified atom stereocenters. The lowest BCUT2D eigenvalue weighted by molar-refractivity contribution is -0.0354. The van der Waals surface area contributed by atoms with Crippen LogP contribution in [0.25, 0.3) is 0 Å². The van der Waals surface area contributed by atoms with Crippen LogP contribution >= 0.6 is 11.6 Å². The zero-order chi connectivity index (χ0) is 12.2. The maximum atomic E-state index is 13.1. The summed E-state index contributed by atoms with van der Waals surface area (Å²) in [5.74, 6) is -0.320. The summed E-state index contributed by atoms with van der Waals surface area (Å²) in [5, 5.41) is 0.409. The average Bonchev–Trinajstić information content (AvgIpc) is 2.13. The fourth-order valence-corrected chi connectivity index (χ4v) is 1.89. The Morgan fingerprint density at radius 2 is 2.00 bits per heavy atom.